The molecule has 3 N–H and O–H groups in total. The topological polar surface area (TPSA) is 85.1 Å². The molecule has 84 valence electrons. The first-order valence-electron chi connectivity index (χ1n) is 4.56. The van der Waals surface area contributed by atoms with Crippen LogP contribution in [0.15, 0.2) is 23.2 Å². The average Bonchev–Trinajstić information content (AvgIpc) is 2.13. The first kappa shape index (κ1) is 11.9. The molecule has 0 saturated heterocycles. The van der Waals surface area contributed by atoms with E-state index in [1.807, 2.05) is 6.92 Å². The van der Waals surface area contributed by atoms with E-state index in [0.29, 0.717) is 12.4 Å². The van der Waals surface area contributed by atoms with Crippen LogP contribution in [0.5, 0.6) is 0 Å². The lowest BCUT2D eigenvalue weighted by molar-refractivity contribution is 0.601. The monoisotopic (exact) mass is 229 g/mol. The minimum Gasteiger partial charge on any atom is -0.367 e. The lowest BCUT2D eigenvalue weighted by Crippen LogP contribution is -2.26. The van der Waals surface area contributed by atoms with Crippen molar-refractivity contribution in [2.24, 2.45) is 5.73 Å². The molecule has 0 spiro atoms. The number of hydrogen-bond acceptors (Lipinski definition) is 5. The van der Waals surface area contributed by atoms with E-state index in [4.69, 9.17) is 5.73 Å². The van der Waals surface area contributed by atoms with E-state index in [1.165, 1.54) is 12.3 Å². The van der Waals surface area contributed by atoms with E-state index in [0.717, 1.165) is 6.26 Å². The van der Waals surface area contributed by atoms with Crippen LogP contribution in [0, 0.1) is 0 Å². The standard InChI is InChI=1S/C9H15N3O2S/c1-7(10)6-12-9-8(15(2,13)14)4-3-5-11-9/h3-5,7H,6,10H2,1-2H3,(H,11,12). The molecule has 6 heteroatoms. The third-order valence-electron chi connectivity index (χ3n) is 1.76. The molecular weight excluding hydrogens is 214 g/mol. The third kappa shape index (κ3) is 3.49. The summed E-state index contributed by atoms with van der Waals surface area (Å²) < 4.78 is 22.8. The lowest BCUT2D eigenvalue weighted by atomic mass is 10.3. The summed E-state index contributed by atoms with van der Waals surface area (Å²) in [7, 11) is -3.25. The quantitative estimate of drug-likeness (QED) is 0.772. The zero-order valence-electron chi connectivity index (χ0n) is 8.77. The number of nitrogens with zero attached hydrogens (tertiary/aromatic N) is 1. The van der Waals surface area contributed by atoms with E-state index in [-0.39, 0.29) is 10.9 Å². The Morgan fingerprint density at radius 2 is 2.27 bits per heavy atom. The first-order chi connectivity index (χ1) is 6.91. The van der Waals surface area contributed by atoms with Gasteiger partial charge in [-0.2, -0.15) is 0 Å². The predicted molar refractivity (Wildman–Crippen MR) is 59.5 cm³/mol. The van der Waals surface area contributed by atoms with Gasteiger partial charge in [-0.1, -0.05) is 0 Å². The number of aromatic nitrogens is 1. The summed E-state index contributed by atoms with van der Waals surface area (Å²) in [5.74, 6) is 0.359. The van der Waals surface area contributed by atoms with Gasteiger partial charge in [0.05, 0.1) is 0 Å². The summed E-state index contributed by atoms with van der Waals surface area (Å²) in [4.78, 5) is 4.17. The second-order valence-corrected chi connectivity index (χ2v) is 5.46. The van der Waals surface area contributed by atoms with Crippen LogP contribution in [0.3, 0.4) is 0 Å². The maximum absolute atomic E-state index is 11.4. The summed E-state index contributed by atoms with van der Waals surface area (Å²) >= 11 is 0. The van der Waals surface area contributed by atoms with Crippen molar-refractivity contribution < 1.29 is 8.42 Å². The Kier molecular flexibility index (Phi) is 3.65. The first-order valence-corrected chi connectivity index (χ1v) is 6.45. The highest BCUT2D eigenvalue weighted by Crippen LogP contribution is 2.17. The van der Waals surface area contributed by atoms with Crippen molar-refractivity contribution in [3.05, 3.63) is 18.3 Å². The SMILES string of the molecule is CC(N)CNc1ncccc1S(C)(=O)=O. The van der Waals surface area contributed by atoms with Gasteiger partial charge < -0.3 is 11.1 Å². The van der Waals surface area contributed by atoms with Gasteiger partial charge in [0.2, 0.25) is 0 Å². The van der Waals surface area contributed by atoms with Gasteiger partial charge in [-0.25, -0.2) is 13.4 Å². The van der Waals surface area contributed by atoms with Crippen LogP contribution >= 0.6 is 0 Å². The van der Waals surface area contributed by atoms with Gasteiger partial charge in [0, 0.05) is 25.0 Å². The van der Waals surface area contributed by atoms with E-state index in [2.05, 4.69) is 10.3 Å². The van der Waals surface area contributed by atoms with Crippen LogP contribution in [-0.4, -0.2) is 32.2 Å². The molecule has 0 radical (unpaired) electrons. The van der Waals surface area contributed by atoms with Gasteiger partial charge in [0.1, 0.15) is 10.7 Å². The minimum absolute atomic E-state index is 0.0561. The Bertz CT molecular complexity index is 429. The van der Waals surface area contributed by atoms with Gasteiger partial charge in [0.25, 0.3) is 0 Å². The molecule has 0 saturated carbocycles. The van der Waals surface area contributed by atoms with Gasteiger partial charge in [-0.15, -0.1) is 0 Å². The zero-order valence-corrected chi connectivity index (χ0v) is 9.58. The summed E-state index contributed by atoms with van der Waals surface area (Å²) in [6, 6.07) is 3.05. The molecule has 0 bridgehead atoms. The maximum Gasteiger partial charge on any atom is 0.179 e. The van der Waals surface area contributed by atoms with Crippen molar-refractivity contribution in [3.63, 3.8) is 0 Å². The van der Waals surface area contributed by atoms with Gasteiger partial charge in [0.15, 0.2) is 9.84 Å². The van der Waals surface area contributed by atoms with Gasteiger partial charge in [-0.3, -0.25) is 0 Å². The summed E-state index contributed by atoms with van der Waals surface area (Å²) in [6.07, 6.45) is 2.69. The number of sulfone groups is 1. The molecule has 1 aromatic rings. The number of hydrogen-bond donors (Lipinski definition) is 2. The van der Waals surface area contributed by atoms with Crippen LogP contribution in [0.25, 0.3) is 0 Å². The van der Waals surface area contributed by atoms with E-state index >= 15 is 0 Å². The summed E-state index contributed by atoms with van der Waals surface area (Å²) in [5, 5.41) is 2.90. The van der Waals surface area contributed by atoms with E-state index in [1.54, 1.807) is 6.07 Å². The van der Waals surface area contributed by atoms with Crippen molar-refractivity contribution in [3.8, 4) is 0 Å². The molecule has 0 aliphatic carbocycles. The molecule has 1 aromatic heterocycles. The van der Waals surface area contributed by atoms with Crippen molar-refractivity contribution >= 4 is 15.7 Å². The largest absolute Gasteiger partial charge is 0.367 e. The summed E-state index contributed by atoms with van der Waals surface area (Å²) in [5.41, 5.74) is 5.56. The van der Waals surface area contributed by atoms with Crippen LogP contribution in [-0.2, 0) is 9.84 Å². The number of nitrogens with one attached hydrogen (secondary N) is 1. The fraction of sp³-hybridized carbons (Fsp3) is 0.444. The molecule has 5 nitrogen and oxygen atoms in total. The number of rotatable bonds is 4. The smallest absolute Gasteiger partial charge is 0.179 e. The Balaban J connectivity index is 2.98. The fourth-order valence-electron chi connectivity index (χ4n) is 1.08. The molecule has 0 fully saturated rings. The van der Waals surface area contributed by atoms with E-state index < -0.39 is 9.84 Å². The summed E-state index contributed by atoms with van der Waals surface area (Å²) in [6.45, 7) is 2.32. The fourth-order valence-corrected chi connectivity index (χ4v) is 1.88. The Labute approximate surface area is 89.6 Å². The van der Waals surface area contributed by atoms with Crippen LogP contribution in [0.4, 0.5) is 5.82 Å². The number of pyridine rings is 1. The Morgan fingerprint density at radius 3 is 2.80 bits per heavy atom. The molecule has 0 aromatic carbocycles. The van der Waals surface area contributed by atoms with Gasteiger partial charge >= 0.3 is 0 Å². The minimum atomic E-state index is -3.25. The zero-order chi connectivity index (χ0) is 11.5. The van der Waals surface area contributed by atoms with Crippen LogP contribution in [0.2, 0.25) is 0 Å². The predicted octanol–water partition coefficient (Wildman–Crippen LogP) is 0.244. The van der Waals surface area contributed by atoms with Crippen molar-refractivity contribution in [1.82, 2.24) is 4.98 Å². The molecule has 0 amide bonds. The second-order valence-electron chi connectivity index (χ2n) is 3.48. The average molecular weight is 229 g/mol. The normalized spacial score (nSPS) is 13.5. The molecular formula is C9H15N3O2S. The van der Waals surface area contributed by atoms with Crippen molar-refractivity contribution in [1.29, 1.82) is 0 Å². The van der Waals surface area contributed by atoms with Crippen LogP contribution < -0.4 is 11.1 Å². The highest BCUT2D eigenvalue weighted by molar-refractivity contribution is 7.90. The molecule has 1 heterocycles. The molecule has 1 unspecified atom stereocenters. The maximum atomic E-state index is 11.4. The van der Waals surface area contributed by atoms with Crippen LogP contribution in [0.1, 0.15) is 6.92 Å². The Hall–Kier alpha value is -1.14. The second kappa shape index (κ2) is 4.59. The highest BCUT2D eigenvalue weighted by atomic mass is 32.2. The molecule has 1 rings (SSSR count). The highest BCUT2D eigenvalue weighted by Gasteiger charge is 2.13. The number of nitrogens with two attached hydrogens (primary N) is 1. The van der Waals surface area contributed by atoms with Gasteiger partial charge in [-0.05, 0) is 19.1 Å². The molecule has 0 aliphatic rings. The van der Waals surface area contributed by atoms with E-state index in [9.17, 15) is 8.42 Å². The molecule has 15 heavy (non-hydrogen) atoms. The lowest BCUT2D eigenvalue weighted by Gasteiger charge is -2.10. The van der Waals surface area contributed by atoms with Crippen molar-refractivity contribution in [2.45, 2.75) is 17.9 Å². The number of anilines is 1. The Morgan fingerprint density at radius 1 is 1.60 bits per heavy atom. The molecule has 1 atom stereocenters. The van der Waals surface area contributed by atoms with Crippen molar-refractivity contribution in [2.75, 3.05) is 18.1 Å². The third-order valence-corrected chi connectivity index (χ3v) is 2.89. The molecule has 0 aliphatic heterocycles.